The van der Waals surface area contributed by atoms with E-state index in [1.807, 2.05) is 6.92 Å². The van der Waals surface area contributed by atoms with E-state index in [1.54, 1.807) is 6.20 Å². The molecule has 1 fully saturated rings. The summed E-state index contributed by atoms with van der Waals surface area (Å²) < 4.78 is 28.7. The number of sulfone groups is 1. The predicted octanol–water partition coefficient (Wildman–Crippen LogP) is 1.31. The summed E-state index contributed by atoms with van der Waals surface area (Å²) in [6, 6.07) is 0. The summed E-state index contributed by atoms with van der Waals surface area (Å²) in [6.07, 6.45) is 3.12. The van der Waals surface area contributed by atoms with Gasteiger partial charge in [-0.15, -0.1) is 0 Å². The number of nitrogen functional groups attached to an aromatic ring is 1. The van der Waals surface area contributed by atoms with Crippen molar-refractivity contribution >= 4 is 32.2 Å². The molecular formula is C11H15N5O2S2. The lowest BCUT2D eigenvalue weighted by molar-refractivity contribution is 0.595. The Bertz CT molecular complexity index is 730. The number of rotatable bonds is 5. The van der Waals surface area contributed by atoms with Gasteiger partial charge in [0.1, 0.15) is 9.90 Å². The predicted molar refractivity (Wildman–Crippen MR) is 77.4 cm³/mol. The number of hydrogen-bond acceptors (Lipinski definition) is 7. The van der Waals surface area contributed by atoms with Crippen LogP contribution >= 0.6 is 11.5 Å². The third kappa shape index (κ3) is 2.27. The second-order valence-corrected chi connectivity index (χ2v) is 7.78. The monoisotopic (exact) mass is 313 g/mol. The van der Waals surface area contributed by atoms with Crippen molar-refractivity contribution in [1.82, 2.24) is 14.6 Å². The van der Waals surface area contributed by atoms with E-state index in [9.17, 15) is 8.42 Å². The van der Waals surface area contributed by atoms with Gasteiger partial charge in [-0.1, -0.05) is 0 Å². The highest BCUT2D eigenvalue weighted by Crippen LogP contribution is 2.41. The van der Waals surface area contributed by atoms with Gasteiger partial charge in [-0.2, -0.15) is 9.47 Å². The minimum Gasteiger partial charge on any atom is -0.382 e. The Kier molecular flexibility index (Phi) is 3.17. The van der Waals surface area contributed by atoms with E-state index in [2.05, 4.69) is 19.9 Å². The fourth-order valence-electron chi connectivity index (χ4n) is 1.96. The lowest BCUT2D eigenvalue weighted by Crippen LogP contribution is -2.11. The molecule has 108 valence electrons. The van der Waals surface area contributed by atoms with Crippen molar-refractivity contribution in [2.24, 2.45) is 0 Å². The van der Waals surface area contributed by atoms with Crippen LogP contribution in [0.1, 0.15) is 24.1 Å². The van der Waals surface area contributed by atoms with Crippen LogP contribution in [0.4, 0.5) is 10.8 Å². The number of hydrogen-bond donors (Lipinski definition) is 3. The summed E-state index contributed by atoms with van der Waals surface area (Å²) in [5.41, 5.74) is 7.66. The average Bonchev–Trinajstić information content (AvgIpc) is 3.09. The summed E-state index contributed by atoms with van der Waals surface area (Å²) in [4.78, 5) is 0.158. The Hall–Kier alpha value is -1.61. The maximum atomic E-state index is 12.4. The molecule has 1 aliphatic rings. The summed E-state index contributed by atoms with van der Waals surface area (Å²) in [5, 5.41) is 10.1. The van der Waals surface area contributed by atoms with Gasteiger partial charge in [-0.25, -0.2) is 8.42 Å². The Morgan fingerprint density at radius 2 is 2.30 bits per heavy atom. The minimum atomic E-state index is -3.35. The van der Waals surface area contributed by atoms with Crippen molar-refractivity contribution < 1.29 is 8.42 Å². The van der Waals surface area contributed by atoms with Crippen LogP contribution in [0.15, 0.2) is 11.1 Å². The van der Waals surface area contributed by atoms with Crippen molar-refractivity contribution in [2.75, 3.05) is 11.1 Å². The van der Waals surface area contributed by atoms with Crippen molar-refractivity contribution in [1.29, 1.82) is 0 Å². The van der Waals surface area contributed by atoms with Crippen LogP contribution in [0.25, 0.3) is 0 Å². The molecule has 0 atom stereocenters. The zero-order valence-corrected chi connectivity index (χ0v) is 12.5. The highest BCUT2D eigenvalue weighted by Gasteiger charge is 2.40. The third-order valence-corrected chi connectivity index (χ3v) is 6.58. The van der Waals surface area contributed by atoms with Crippen LogP contribution in [0.2, 0.25) is 0 Å². The van der Waals surface area contributed by atoms with E-state index in [0.717, 1.165) is 22.8 Å². The molecule has 0 radical (unpaired) electrons. The van der Waals surface area contributed by atoms with Gasteiger partial charge in [0, 0.05) is 17.8 Å². The molecule has 0 saturated heterocycles. The topological polar surface area (TPSA) is 114 Å². The van der Waals surface area contributed by atoms with Crippen molar-refractivity contribution in [3.8, 4) is 0 Å². The van der Waals surface area contributed by atoms with Gasteiger partial charge in [0.25, 0.3) is 0 Å². The molecule has 1 aliphatic carbocycles. The Morgan fingerprint density at radius 1 is 1.55 bits per heavy atom. The molecule has 0 aromatic carbocycles. The van der Waals surface area contributed by atoms with E-state index >= 15 is 0 Å². The average molecular weight is 313 g/mol. The van der Waals surface area contributed by atoms with Crippen molar-refractivity contribution in [3.63, 3.8) is 0 Å². The smallest absolute Gasteiger partial charge is 0.187 e. The second-order valence-electron chi connectivity index (χ2n) is 4.84. The standard InChI is InChI=1S/C11H15N5O2S2/c1-6-7(5-14-15-6)4-13-11-9(10(12)16-19-11)20(17,18)8-2-3-8/h5,8,13H,2-4H2,1H3,(H2,12,16)(H,14,15). The van der Waals surface area contributed by atoms with E-state index in [0.29, 0.717) is 24.4 Å². The number of H-pyrrole nitrogens is 1. The molecule has 0 unspecified atom stereocenters. The van der Waals surface area contributed by atoms with Crippen LogP contribution in [-0.2, 0) is 16.4 Å². The quantitative estimate of drug-likeness (QED) is 0.767. The fraction of sp³-hybridized carbons (Fsp3) is 0.455. The SMILES string of the molecule is Cc1[nH]ncc1CNc1snc(N)c1S(=O)(=O)C1CC1. The number of nitrogens with one attached hydrogen (secondary N) is 2. The van der Waals surface area contributed by atoms with Crippen LogP contribution in [-0.4, -0.2) is 28.2 Å². The molecule has 0 bridgehead atoms. The molecule has 0 spiro atoms. The number of aryl methyl sites for hydroxylation is 1. The second kappa shape index (κ2) is 4.74. The minimum absolute atomic E-state index is 0.0910. The first-order valence-electron chi connectivity index (χ1n) is 6.22. The lowest BCUT2D eigenvalue weighted by atomic mass is 10.3. The van der Waals surface area contributed by atoms with E-state index in [4.69, 9.17) is 5.73 Å². The third-order valence-electron chi connectivity index (χ3n) is 3.30. The molecule has 0 aliphatic heterocycles. The molecule has 2 heterocycles. The van der Waals surface area contributed by atoms with Crippen LogP contribution in [0.5, 0.6) is 0 Å². The summed E-state index contributed by atoms with van der Waals surface area (Å²) >= 11 is 1.08. The van der Waals surface area contributed by atoms with Gasteiger partial charge >= 0.3 is 0 Å². The van der Waals surface area contributed by atoms with Crippen molar-refractivity contribution in [2.45, 2.75) is 36.5 Å². The number of aromatic amines is 1. The molecule has 0 amide bonds. The molecule has 3 rings (SSSR count). The highest BCUT2D eigenvalue weighted by atomic mass is 32.2. The van der Waals surface area contributed by atoms with E-state index in [-0.39, 0.29) is 16.0 Å². The highest BCUT2D eigenvalue weighted by molar-refractivity contribution is 7.92. The maximum Gasteiger partial charge on any atom is 0.187 e. The Labute approximate surface area is 120 Å². The van der Waals surface area contributed by atoms with Crippen LogP contribution in [0.3, 0.4) is 0 Å². The first-order valence-corrected chi connectivity index (χ1v) is 8.54. The lowest BCUT2D eigenvalue weighted by Gasteiger charge is -2.07. The van der Waals surface area contributed by atoms with Crippen LogP contribution < -0.4 is 11.1 Å². The van der Waals surface area contributed by atoms with Gasteiger partial charge < -0.3 is 11.1 Å². The van der Waals surface area contributed by atoms with E-state index in [1.165, 1.54) is 0 Å². The molecule has 2 aromatic heterocycles. The number of anilines is 2. The summed E-state index contributed by atoms with van der Waals surface area (Å²) in [7, 11) is -3.35. The first kappa shape index (κ1) is 13.4. The number of aromatic nitrogens is 3. The maximum absolute atomic E-state index is 12.4. The van der Waals surface area contributed by atoms with E-state index < -0.39 is 9.84 Å². The fourth-order valence-corrected chi connectivity index (χ4v) is 4.84. The summed E-state index contributed by atoms with van der Waals surface area (Å²) in [5.74, 6) is 0.0910. The Morgan fingerprint density at radius 3 is 2.90 bits per heavy atom. The number of nitrogens with two attached hydrogens (primary N) is 1. The molecule has 1 saturated carbocycles. The normalized spacial score (nSPS) is 15.4. The van der Waals surface area contributed by atoms with Gasteiger partial charge in [-0.05, 0) is 31.3 Å². The largest absolute Gasteiger partial charge is 0.382 e. The molecule has 4 N–H and O–H groups in total. The Balaban J connectivity index is 1.86. The molecule has 20 heavy (non-hydrogen) atoms. The van der Waals surface area contributed by atoms with Gasteiger partial charge in [0.05, 0.1) is 11.4 Å². The number of nitrogens with zero attached hydrogens (tertiary/aromatic N) is 2. The molecule has 7 nitrogen and oxygen atoms in total. The molecule has 9 heteroatoms. The van der Waals surface area contributed by atoms with Gasteiger partial charge in [0.2, 0.25) is 0 Å². The van der Waals surface area contributed by atoms with Crippen LogP contribution in [0, 0.1) is 6.92 Å². The zero-order chi connectivity index (χ0) is 14.3. The molecule has 2 aromatic rings. The van der Waals surface area contributed by atoms with Gasteiger partial charge in [-0.3, -0.25) is 5.10 Å². The van der Waals surface area contributed by atoms with Gasteiger partial charge in [0.15, 0.2) is 15.7 Å². The van der Waals surface area contributed by atoms with Crippen molar-refractivity contribution in [3.05, 3.63) is 17.5 Å². The molecular weight excluding hydrogens is 298 g/mol. The first-order chi connectivity index (χ1) is 9.50. The zero-order valence-electron chi connectivity index (χ0n) is 10.9. The summed E-state index contributed by atoms with van der Waals surface area (Å²) in [6.45, 7) is 2.39.